The minimum Gasteiger partial charge on any atom is -0.496 e. The SMILES string of the molecule is COc1ccc(CNc2cccc(C(=O)O)c2C)cc1Br. The Bertz CT molecular complexity index is 671. The Morgan fingerprint density at radius 1 is 1.33 bits per heavy atom. The van der Waals surface area contributed by atoms with Crippen LogP contribution >= 0.6 is 15.9 Å². The molecule has 21 heavy (non-hydrogen) atoms. The number of aromatic carboxylic acids is 1. The monoisotopic (exact) mass is 349 g/mol. The van der Waals surface area contributed by atoms with E-state index in [0.29, 0.717) is 12.1 Å². The van der Waals surface area contributed by atoms with Gasteiger partial charge < -0.3 is 15.2 Å². The number of carboxylic acids is 1. The summed E-state index contributed by atoms with van der Waals surface area (Å²) in [5.74, 6) is -0.133. The Labute approximate surface area is 131 Å². The smallest absolute Gasteiger partial charge is 0.336 e. The lowest BCUT2D eigenvalue weighted by Crippen LogP contribution is -2.05. The first-order valence-electron chi connectivity index (χ1n) is 6.42. The molecule has 0 heterocycles. The van der Waals surface area contributed by atoms with Gasteiger partial charge in [0, 0.05) is 12.2 Å². The number of hydrogen-bond donors (Lipinski definition) is 2. The predicted molar refractivity (Wildman–Crippen MR) is 86.2 cm³/mol. The molecule has 0 atom stereocenters. The Balaban J connectivity index is 2.15. The van der Waals surface area contributed by atoms with Crippen molar-refractivity contribution in [3.63, 3.8) is 0 Å². The second kappa shape index (κ2) is 6.63. The van der Waals surface area contributed by atoms with Crippen molar-refractivity contribution in [1.29, 1.82) is 0 Å². The lowest BCUT2D eigenvalue weighted by atomic mass is 10.1. The summed E-state index contributed by atoms with van der Waals surface area (Å²) in [4.78, 5) is 11.1. The van der Waals surface area contributed by atoms with E-state index in [1.807, 2.05) is 24.3 Å². The molecule has 2 N–H and O–H groups in total. The Morgan fingerprint density at radius 2 is 2.10 bits per heavy atom. The summed E-state index contributed by atoms with van der Waals surface area (Å²) < 4.78 is 6.08. The molecule has 0 saturated carbocycles. The minimum atomic E-state index is -0.914. The lowest BCUT2D eigenvalue weighted by Gasteiger charge is -2.12. The number of methoxy groups -OCH3 is 1. The Hall–Kier alpha value is -2.01. The van der Waals surface area contributed by atoms with Crippen molar-refractivity contribution in [2.24, 2.45) is 0 Å². The van der Waals surface area contributed by atoms with Crippen LogP contribution in [0.25, 0.3) is 0 Å². The van der Waals surface area contributed by atoms with E-state index < -0.39 is 5.97 Å². The average Bonchev–Trinajstić information content (AvgIpc) is 2.46. The first-order valence-corrected chi connectivity index (χ1v) is 7.21. The molecule has 5 heteroatoms. The number of hydrogen-bond acceptors (Lipinski definition) is 3. The summed E-state index contributed by atoms with van der Waals surface area (Å²) in [6.07, 6.45) is 0. The van der Waals surface area contributed by atoms with Crippen molar-refractivity contribution in [2.45, 2.75) is 13.5 Å². The van der Waals surface area contributed by atoms with Crippen LogP contribution in [0, 0.1) is 6.92 Å². The normalized spacial score (nSPS) is 10.2. The van der Waals surface area contributed by atoms with Crippen LogP contribution in [0.3, 0.4) is 0 Å². The molecule has 110 valence electrons. The molecule has 0 aliphatic heterocycles. The fourth-order valence-corrected chi connectivity index (χ4v) is 2.66. The van der Waals surface area contributed by atoms with Gasteiger partial charge in [-0.25, -0.2) is 4.79 Å². The summed E-state index contributed by atoms with van der Waals surface area (Å²) in [5, 5.41) is 12.4. The Morgan fingerprint density at radius 3 is 2.71 bits per heavy atom. The van der Waals surface area contributed by atoms with Gasteiger partial charge in [0.1, 0.15) is 5.75 Å². The zero-order valence-corrected chi connectivity index (χ0v) is 13.4. The van der Waals surface area contributed by atoms with E-state index in [1.165, 1.54) is 0 Å². The van der Waals surface area contributed by atoms with Gasteiger partial charge in [-0.15, -0.1) is 0 Å². The zero-order chi connectivity index (χ0) is 15.4. The summed E-state index contributed by atoms with van der Waals surface area (Å²) in [5.41, 5.74) is 2.94. The number of ether oxygens (including phenoxy) is 1. The third-order valence-electron chi connectivity index (χ3n) is 3.26. The molecule has 0 unspecified atom stereocenters. The van der Waals surface area contributed by atoms with Crippen molar-refractivity contribution in [1.82, 2.24) is 0 Å². The van der Waals surface area contributed by atoms with Gasteiger partial charge in [-0.3, -0.25) is 0 Å². The highest BCUT2D eigenvalue weighted by molar-refractivity contribution is 9.10. The van der Waals surface area contributed by atoms with Crippen LogP contribution in [0.1, 0.15) is 21.5 Å². The number of anilines is 1. The van der Waals surface area contributed by atoms with E-state index in [0.717, 1.165) is 27.0 Å². The highest BCUT2D eigenvalue weighted by Gasteiger charge is 2.10. The topological polar surface area (TPSA) is 58.6 Å². The van der Waals surface area contributed by atoms with E-state index in [2.05, 4.69) is 21.2 Å². The fourth-order valence-electron chi connectivity index (χ4n) is 2.08. The second-order valence-corrected chi connectivity index (χ2v) is 5.46. The van der Waals surface area contributed by atoms with Crippen molar-refractivity contribution in [2.75, 3.05) is 12.4 Å². The lowest BCUT2D eigenvalue weighted by molar-refractivity contribution is 0.0696. The number of carbonyl (C=O) groups is 1. The first kappa shape index (κ1) is 15.4. The van der Waals surface area contributed by atoms with E-state index >= 15 is 0 Å². The highest BCUT2D eigenvalue weighted by atomic mass is 79.9. The maximum atomic E-state index is 11.1. The van der Waals surface area contributed by atoms with Crippen LogP contribution in [0.15, 0.2) is 40.9 Å². The van der Waals surface area contributed by atoms with Crippen LogP contribution in [0.2, 0.25) is 0 Å². The third kappa shape index (κ3) is 3.55. The molecule has 0 radical (unpaired) electrons. The van der Waals surface area contributed by atoms with Gasteiger partial charge in [-0.2, -0.15) is 0 Å². The molecule has 0 spiro atoms. The molecule has 0 saturated heterocycles. The molecule has 0 bridgehead atoms. The fraction of sp³-hybridized carbons (Fsp3) is 0.188. The van der Waals surface area contributed by atoms with Crippen molar-refractivity contribution >= 4 is 27.6 Å². The molecule has 4 nitrogen and oxygen atoms in total. The molecule has 0 fully saturated rings. The molecule has 2 rings (SSSR count). The van der Waals surface area contributed by atoms with Gasteiger partial charge in [-0.05, 0) is 58.2 Å². The van der Waals surface area contributed by atoms with Gasteiger partial charge >= 0.3 is 5.97 Å². The Kier molecular flexibility index (Phi) is 4.85. The van der Waals surface area contributed by atoms with E-state index in [9.17, 15) is 4.79 Å². The molecule has 2 aromatic rings. The summed E-state index contributed by atoms with van der Waals surface area (Å²) in [6, 6.07) is 11.0. The van der Waals surface area contributed by atoms with Crippen LogP contribution in [-0.4, -0.2) is 18.2 Å². The van der Waals surface area contributed by atoms with Crippen molar-refractivity contribution < 1.29 is 14.6 Å². The molecule has 0 aromatic heterocycles. The third-order valence-corrected chi connectivity index (χ3v) is 3.88. The predicted octanol–water partition coefficient (Wildman–Crippen LogP) is 4.08. The largest absolute Gasteiger partial charge is 0.496 e. The number of halogens is 1. The van der Waals surface area contributed by atoms with Gasteiger partial charge in [0.15, 0.2) is 0 Å². The minimum absolute atomic E-state index is 0.316. The van der Waals surface area contributed by atoms with Gasteiger partial charge in [0.25, 0.3) is 0 Å². The highest BCUT2D eigenvalue weighted by Crippen LogP contribution is 2.26. The van der Waals surface area contributed by atoms with E-state index in [-0.39, 0.29) is 0 Å². The quantitative estimate of drug-likeness (QED) is 0.853. The number of benzene rings is 2. The standard InChI is InChI=1S/C16H16BrNO3/c1-10-12(16(19)20)4-3-5-14(10)18-9-11-6-7-15(21-2)13(17)8-11/h3-8,18H,9H2,1-2H3,(H,19,20). The number of nitrogens with one attached hydrogen (secondary N) is 1. The van der Waals surface area contributed by atoms with Crippen molar-refractivity contribution in [3.05, 3.63) is 57.6 Å². The molecule has 0 amide bonds. The van der Waals surface area contributed by atoms with Crippen LogP contribution in [0.5, 0.6) is 5.75 Å². The van der Waals surface area contributed by atoms with Crippen LogP contribution in [0.4, 0.5) is 5.69 Å². The van der Waals surface area contributed by atoms with Crippen LogP contribution in [-0.2, 0) is 6.54 Å². The first-order chi connectivity index (χ1) is 10.0. The molecule has 0 aliphatic rings. The summed E-state index contributed by atoms with van der Waals surface area (Å²) >= 11 is 3.45. The van der Waals surface area contributed by atoms with E-state index in [1.54, 1.807) is 26.2 Å². The van der Waals surface area contributed by atoms with E-state index in [4.69, 9.17) is 9.84 Å². The number of carboxylic acid groups (broad SMARTS) is 1. The molecular weight excluding hydrogens is 334 g/mol. The summed E-state index contributed by atoms with van der Waals surface area (Å²) in [6.45, 7) is 2.40. The van der Waals surface area contributed by atoms with Gasteiger partial charge in [0.05, 0.1) is 17.1 Å². The molecular formula is C16H16BrNO3. The second-order valence-electron chi connectivity index (χ2n) is 4.61. The van der Waals surface area contributed by atoms with Gasteiger partial charge in [-0.1, -0.05) is 12.1 Å². The summed E-state index contributed by atoms with van der Waals surface area (Å²) in [7, 11) is 1.62. The molecule has 2 aromatic carbocycles. The molecule has 0 aliphatic carbocycles. The van der Waals surface area contributed by atoms with Crippen molar-refractivity contribution in [3.8, 4) is 5.75 Å². The average molecular weight is 350 g/mol. The number of rotatable bonds is 5. The maximum Gasteiger partial charge on any atom is 0.336 e. The zero-order valence-electron chi connectivity index (χ0n) is 11.8. The van der Waals surface area contributed by atoms with Crippen LogP contribution < -0.4 is 10.1 Å². The maximum absolute atomic E-state index is 11.1. The van der Waals surface area contributed by atoms with Gasteiger partial charge in [0.2, 0.25) is 0 Å².